The summed E-state index contributed by atoms with van der Waals surface area (Å²) in [4.78, 5) is 50.4. The minimum atomic E-state index is -0.959. The van der Waals surface area contributed by atoms with Crippen LogP contribution in [0.5, 0.6) is 0 Å². The number of hydrogen-bond acceptors (Lipinski definition) is 8. The molecule has 3 aliphatic rings. The van der Waals surface area contributed by atoms with Gasteiger partial charge in [0.05, 0.1) is 25.7 Å². The van der Waals surface area contributed by atoms with E-state index in [-0.39, 0.29) is 43.7 Å². The van der Waals surface area contributed by atoms with Crippen molar-refractivity contribution in [1.29, 1.82) is 0 Å². The van der Waals surface area contributed by atoms with Crippen molar-refractivity contribution in [3.05, 3.63) is 48.0 Å². The number of rotatable bonds is 11. The summed E-state index contributed by atoms with van der Waals surface area (Å²) in [5.74, 6) is -1.44. The van der Waals surface area contributed by atoms with Crippen molar-refractivity contribution in [2.24, 2.45) is 11.8 Å². The van der Waals surface area contributed by atoms with Gasteiger partial charge in [-0.1, -0.05) is 36.4 Å². The van der Waals surface area contributed by atoms with Crippen LogP contribution in [0.1, 0.15) is 31.7 Å². The fourth-order valence-corrected chi connectivity index (χ4v) is 4.95. The summed E-state index contributed by atoms with van der Waals surface area (Å²) in [6, 6.07) is 7.70. The molecule has 11 heteroatoms. The maximum atomic E-state index is 13.5. The molecule has 206 valence electrons. The maximum Gasteiger partial charge on any atom is 0.408 e. The highest BCUT2D eigenvalue weighted by atomic mass is 16.7. The first-order valence-electron chi connectivity index (χ1n) is 13.1. The summed E-state index contributed by atoms with van der Waals surface area (Å²) < 4.78 is 21.6. The summed E-state index contributed by atoms with van der Waals surface area (Å²) in [7, 11) is 0. The molecular weight excluding hydrogens is 494 g/mol. The molecule has 1 aromatic rings. The summed E-state index contributed by atoms with van der Waals surface area (Å²) in [5.41, 5.74) is 0.843. The standard InChI is InChI=1S/C27H35N3O8/c1-2-35-23(31)9-8-19(15-18-10-12-28-24(18)32)29-25(33)21(14-17-6-4-3-5-7-17)30-27(34)38-22-16-37-26-20(22)11-13-36-26/h3-9,18-22,26H,2,10-16H2,1H3,(H,28,32)(H,29,33)(H,30,34)/b9-8+/t18-,19+,20-,21-,22-,26+/m0/s1. The van der Waals surface area contributed by atoms with Crippen molar-refractivity contribution in [3.63, 3.8) is 0 Å². The molecule has 3 aliphatic heterocycles. The second kappa shape index (κ2) is 13.4. The zero-order valence-corrected chi connectivity index (χ0v) is 21.4. The van der Waals surface area contributed by atoms with Crippen LogP contribution in [0.15, 0.2) is 42.5 Å². The highest BCUT2D eigenvalue weighted by Crippen LogP contribution is 2.33. The molecule has 4 rings (SSSR count). The molecule has 3 saturated heterocycles. The van der Waals surface area contributed by atoms with Crippen molar-refractivity contribution < 1.29 is 38.1 Å². The summed E-state index contributed by atoms with van der Waals surface area (Å²) in [6.07, 6.45) is 3.11. The van der Waals surface area contributed by atoms with Gasteiger partial charge in [0.1, 0.15) is 12.1 Å². The molecule has 3 fully saturated rings. The van der Waals surface area contributed by atoms with Gasteiger partial charge in [0, 0.05) is 31.0 Å². The van der Waals surface area contributed by atoms with Crippen LogP contribution in [0, 0.1) is 11.8 Å². The molecule has 0 unspecified atom stereocenters. The number of nitrogens with one attached hydrogen (secondary N) is 3. The van der Waals surface area contributed by atoms with Gasteiger partial charge in [-0.2, -0.15) is 0 Å². The molecule has 3 N–H and O–H groups in total. The largest absolute Gasteiger partial charge is 0.463 e. The van der Waals surface area contributed by atoms with Crippen LogP contribution in [0.3, 0.4) is 0 Å². The lowest BCUT2D eigenvalue weighted by atomic mass is 9.97. The number of carbonyl (C=O) groups excluding carboxylic acids is 4. The van der Waals surface area contributed by atoms with Gasteiger partial charge in [-0.05, 0) is 31.7 Å². The molecule has 11 nitrogen and oxygen atoms in total. The Labute approximate surface area is 221 Å². The third-order valence-electron chi connectivity index (χ3n) is 6.91. The fourth-order valence-electron chi connectivity index (χ4n) is 4.95. The number of amides is 3. The molecule has 6 atom stereocenters. The Morgan fingerprint density at radius 2 is 1.97 bits per heavy atom. The molecule has 3 heterocycles. The fraction of sp³-hybridized carbons (Fsp3) is 0.556. The lowest BCUT2D eigenvalue weighted by molar-refractivity contribution is -0.137. The van der Waals surface area contributed by atoms with Crippen LogP contribution >= 0.6 is 0 Å². The van der Waals surface area contributed by atoms with Crippen molar-refractivity contribution >= 4 is 23.9 Å². The van der Waals surface area contributed by atoms with E-state index in [4.69, 9.17) is 18.9 Å². The molecule has 0 spiro atoms. The minimum absolute atomic E-state index is 0.0305. The molecule has 1 aromatic carbocycles. The zero-order chi connectivity index (χ0) is 26.9. The SMILES string of the molecule is CCOC(=O)/C=C/[C@H](C[C@@H]1CCNC1=O)NC(=O)[C@H](Cc1ccccc1)NC(=O)O[C@H]1CO[C@H]2OCC[C@H]21. The van der Waals surface area contributed by atoms with Crippen LogP contribution < -0.4 is 16.0 Å². The number of hydrogen-bond donors (Lipinski definition) is 3. The topological polar surface area (TPSA) is 141 Å². The molecule has 0 radical (unpaired) electrons. The van der Waals surface area contributed by atoms with E-state index >= 15 is 0 Å². The van der Waals surface area contributed by atoms with Crippen LogP contribution in [0.4, 0.5) is 4.79 Å². The maximum absolute atomic E-state index is 13.5. The van der Waals surface area contributed by atoms with Gasteiger partial charge >= 0.3 is 12.1 Å². The molecule has 38 heavy (non-hydrogen) atoms. The first-order valence-corrected chi connectivity index (χ1v) is 13.1. The van der Waals surface area contributed by atoms with Gasteiger partial charge < -0.3 is 34.9 Å². The summed E-state index contributed by atoms with van der Waals surface area (Å²) >= 11 is 0. The molecule has 0 aromatic heterocycles. The third kappa shape index (κ3) is 7.55. The van der Waals surface area contributed by atoms with Gasteiger partial charge in [-0.3, -0.25) is 9.59 Å². The number of benzene rings is 1. The first-order chi connectivity index (χ1) is 18.4. The Hall–Kier alpha value is -3.44. The zero-order valence-electron chi connectivity index (χ0n) is 21.4. The average Bonchev–Trinajstić information content (AvgIpc) is 3.62. The van der Waals surface area contributed by atoms with E-state index in [0.717, 1.165) is 12.0 Å². The first kappa shape index (κ1) is 27.6. The number of alkyl carbamates (subject to hydrolysis) is 1. The van der Waals surface area contributed by atoms with Crippen molar-refractivity contribution in [2.75, 3.05) is 26.4 Å². The smallest absolute Gasteiger partial charge is 0.408 e. The van der Waals surface area contributed by atoms with Gasteiger partial charge in [-0.15, -0.1) is 0 Å². The Bertz CT molecular complexity index is 1020. The molecule has 0 bridgehead atoms. The summed E-state index contributed by atoms with van der Waals surface area (Å²) in [5, 5.41) is 8.38. The second-order valence-electron chi connectivity index (χ2n) is 9.59. The Morgan fingerprint density at radius 3 is 2.71 bits per heavy atom. The van der Waals surface area contributed by atoms with E-state index in [2.05, 4.69) is 16.0 Å². The van der Waals surface area contributed by atoms with E-state index in [1.807, 2.05) is 30.3 Å². The average molecular weight is 530 g/mol. The van der Waals surface area contributed by atoms with Crippen LogP contribution in [-0.4, -0.2) is 74.7 Å². The van der Waals surface area contributed by atoms with Gasteiger partial charge in [0.2, 0.25) is 11.8 Å². The molecule has 0 saturated carbocycles. The van der Waals surface area contributed by atoms with Crippen molar-refractivity contribution in [2.45, 2.75) is 57.1 Å². The lowest BCUT2D eigenvalue weighted by Crippen LogP contribution is -2.51. The third-order valence-corrected chi connectivity index (χ3v) is 6.91. The van der Waals surface area contributed by atoms with Crippen LogP contribution in [0.25, 0.3) is 0 Å². The Kier molecular flexibility index (Phi) is 9.72. The number of carbonyl (C=O) groups is 4. The van der Waals surface area contributed by atoms with Crippen LogP contribution in [-0.2, 0) is 39.8 Å². The quantitative estimate of drug-likeness (QED) is 0.287. The molecular formula is C27H35N3O8. The highest BCUT2D eigenvalue weighted by molar-refractivity contribution is 5.87. The number of esters is 1. The van der Waals surface area contributed by atoms with E-state index in [1.165, 1.54) is 12.2 Å². The predicted octanol–water partition coefficient (Wildman–Crippen LogP) is 1.22. The van der Waals surface area contributed by atoms with Gasteiger partial charge in [0.25, 0.3) is 0 Å². The van der Waals surface area contributed by atoms with Gasteiger partial charge in [-0.25, -0.2) is 9.59 Å². The number of fused-ring (bicyclic) bond motifs is 1. The molecule has 3 amide bonds. The second-order valence-corrected chi connectivity index (χ2v) is 9.59. The summed E-state index contributed by atoms with van der Waals surface area (Å²) in [6.45, 7) is 3.27. The van der Waals surface area contributed by atoms with Crippen molar-refractivity contribution in [1.82, 2.24) is 16.0 Å². The van der Waals surface area contributed by atoms with E-state index in [1.54, 1.807) is 6.92 Å². The number of ether oxygens (including phenoxy) is 4. The monoisotopic (exact) mass is 529 g/mol. The Morgan fingerprint density at radius 1 is 1.16 bits per heavy atom. The Balaban J connectivity index is 1.44. The minimum Gasteiger partial charge on any atom is -0.463 e. The predicted molar refractivity (Wildman–Crippen MR) is 135 cm³/mol. The van der Waals surface area contributed by atoms with E-state index in [9.17, 15) is 19.2 Å². The van der Waals surface area contributed by atoms with Gasteiger partial charge in [0.15, 0.2) is 6.29 Å². The highest BCUT2D eigenvalue weighted by Gasteiger charge is 2.44. The van der Waals surface area contributed by atoms with E-state index in [0.29, 0.717) is 26.0 Å². The lowest BCUT2D eigenvalue weighted by Gasteiger charge is -2.24. The van der Waals surface area contributed by atoms with Crippen LogP contribution in [0.2, 0.25) is 0 Å². The normalized spacial score (nSPS) is 25.9. The van der Waals surface area contributed by atoms with E-state index < -0.39 is 36.2 Å². The molecule has 0 aliphatic carbocycles. The van der Waals surface area contributed by atoms with Crippen molar-refractivity contribution in [3.8, 4) is 0 Å².